The molecule has 0 saturated carbocycles. The molecule has 0 aliphatic carbocycles. The van der Waals surface area contributed by atoms with Gasteiger partial charge in [-0.15, -0.1) is 0 Å². The molecule has 522 valence electrons. The number of aliphatic hydroxyl groups is 1. The number of ether oxygens (including phenoxy) is 4. The molecule has 17 nitrogen and oxygen atoms in total. The molecule has 88 heavy (non-hydrogen) atoms. The number of unbranched alkanes of at least 4 members (excludes halogenated alkanes) is 30. The summed E-state index contributed by atoms with van der Waals surface area (Å²) in [7, 11) is -9.90. The van der Waals surface area contributed by atoms with Crippen molar-refractivity contribution in [2.45, 2.75) is 356 Å². The Morgan fingerprint density at radius 3 is 0.807 bits per heavy atom. The number of rotatable bonds is 66. The zero-order valence-corrected chi connectivity index (χ0v) is 59.1. The van der Waals surface area contributed by atoms with E-state index in [0.29, 0.717) is 25.7 Å². The van der Waals surface area contributed by atoms with E-state index in [0.717, 1.165) is 120 Å². The third-order valence-electron chi connectivity index (χ3n) is 16.5. The second kappa shape index (κ2) is 58.8. The maximum atomic E-state index is 13.0. The number of phosphoric acid groups is 2. The van der Waals surface area contributed by atoms with Crippen molar-refractivity contribution in [1.29, 1.82) is 0 Å². The van der Waals surface area contributed by atoms with Gasteiger partial charge in [0.15, 0.2) is 12.2 Å². The lowest BCUT2D eigenvalue weighted by atomic mass is 9.99. The fourth-order valence-electron chi connectivity index (χ4n) is 10.2. The lowest BCUT2D eigenvalue weighted by Crippen LogP contribution is -2.30. The topological polar surface area (TPSA) is 237 Å². The van der Waals surface area contributed by atoms with Crippen molar-refractivity contribution in [2.24, 2.45) is 23.7 Å². The van der Waals surface area contributed by atoms with Crippen LogP contribution in [-0.4, -0.2) is 96.7 Å². The van der Waals surface area contributed by atoms with E-state index in [4.69, 9.17) is 37.0 Å². The van der Waals surface area contributed by atoms with Crippen molar-refractivity contribution in [2.75, 3.05) is 39.6 Å². The third-order valence-corrected chi connectivity index (χ3v) is 18.4. The minimum Gasteiger partial charge on any atom is -0.462 e. The highest BCUT2D eigenvalue weighted by atomic mass is 31.2. The van der Waals surface area contributed by atoms with Gasteiger partial charge in [-0.3, -0.25) is 37.3 Å². The van der Waals surface area contributed by atoms with Crippen LogP contribution in [0.2, 0.25) is 0 Å². The Bertz CT molecular complexity index is 1750. The summed E-state index contributed by atoms with van der Waals surface area (Å²) in [5, 5.41) is 10.6. The Balaban J connectivity index is 5.26. The van der Waals surface area contributed by atoms with Gasteiger partial charge in [0.2, 0.25) is 0 Å². The van der Waals surface area contributed by atoms with Crippen LogP contribution in [0, 0.1) is 23.7 Å². The van der Waals surface area contributed by atoms with E-state index in [1.54, 1.807) is 0 Å². The fraction of sp³-hybridized carbons (Fsp3) is 0.942. The van der Waals surface area contributed by atoms with Gasteiger partial charge in [-0.2, -0.15) is 0 Å². The highest BCUT2D eigenvalue weighted by molar-refractivity contribution is 7.47. The molecular formula is C69H134O17P2. The van der Waals surface area contributed by atoms with Crippen LogP contribution in [0.3, 0.4) is 0 Å². The van der Waals surface area contributed by atoms with Crippen molar-refractivity contribution in [3.63, 3.8) is 0 Å². The molecule has 4 unspecified atom stereocenters. The largest absolute Gasteiger partial charge is 0.472 e. The first-order valence-corrected chi connectivity index (χ1v) is 38.8. The summed E-state index contributed by atoms with van der Waals surface area (Å²) in [6.07, 6.45) is 40.3. The first kappa shape index (κ1) is 86.1. The molecule has 0 aromatic rings. The van der Waals surface area contributed by atoms with Gasteiger partial charge in [0, 0.05) is 25.7 Å². The van der Waals surface area contributed by atoms with Gasteiger partial charge >= 0.3 is 39.5 Å². The molecule has 0 fully saturated rings. The molecule has 19 heteroatoms. The van der Waals surface area contributed by atoms with Crippen LogP contribution in [0.1, 0.15) is 338 Å². The second-order valence-electron chi connectivity index (χ2n) is 26.4. The highest BCUT2D eigenvalue weighted by Gasteiger charge is 2.30. The summed E-state index contributed by atoms with van der Waals surface area (Å²) in [6.45, 7) is 14.1. The molecular weight excluding hydrogens is 1160 g/mol. The Hall–Kier alpha value is -1.94. The summed E-state index contributed by atoms with van der Waals surface area (Å²) in [5.74, 6) is 0.866. The lowest BCUT2D eigenvalue weighted by Gasteiger charge is -2.21. The summed E-state index contributed by atoms with van der Waals surface area (Å²) < 4.78 is 68.2. The van der Waals surface area contributed by atoms with Crippen molar-refractivity contribution >= 4 is 39.5 Å². The summed E-state index contributed by atoms with van der Waals surface area (Å²) in [4.78, 5) is 72.5. The lowest BCUT2D eigenvalue weighted by molar-refractivity contribution is -0.161. The molecule has 0 heterocycles. The molecule has 0 spiro atoms. The molecule has 0 radical (unpaired) electrons. The summed E-state index contributed by atoms with van der Waals surface area (Å²) in [6, 6.07) is 0. The molecule has 0 aromatic carbocycles. The van der Waals surface area contributed by atoms with Crippen molar-refractivity contribution in [3.05, 3.63) is 0 Å². The fourth-order valence-corrected chi connectivity index (χ4v) is 11.8. The quantitative estimate of drug-likeness (QED) is 0.0222. The van der Waals surface area contributed by atoms with E-state index in [-0.39, 0.29) is 25.7 Å². The van der Waals surface area contributed by atoms with Gasteiger partial charge in [0.05, 0.1) is 26.4 Å². The smallest absolute Gasteiger partial charge is 0.462 e. The Morgan fingerprint density at radius 2 is 0.545 bits per heavy atom. The van der Waals surface area contributed by atoms with Gasteiger partial charge in [-0.1, -0.05) is 287 Å². The number of hydrogen-bond acceptors (Lipinski definition) is 15. The molecule has 0 aliphatic heterocycles. The number of hydrogen-bond donors (Lipinski definition) is 3. The molecule has 0 amide bonds. The predicted octanol–water partition coefficient (Wildman–Crippen LogP) is 19.3. The van der Waals surface area contributed by atoms with E-state index in [2.05, 4.69) is 55.4 Å². The summed E-state index contributed by atoms with van der Waals surface area (Å²) >= 11 is 0. The number of aliphatic hydroxyl groups excluding tert-OH is 1. The Kier molecular flexibility index (Phi) is 57.6. The number of phosphoric ester groups is 2. The first-order chi connectivity index (χ1) is 42.2. The monoisotopic (exact) mass is 1300 g/mol. The van der Waals surface area contributed by atoms with Gasteiger partial charge in [0.25, 0.3) is 0 Å². The summed E-state index contributed by atoms with van der Waals surface area (Å²) in [5.41, 5.74) is 0. The van der Waals surface area contributed by atoms with Crippen molar-refractivity contribution in [1.82, 2.24) is 0 Å². The molecule has 0 bridgehead atoms. The molecule has 0 aromatic heterocycles. The van der Waals surface area contributed by atoms with Crippen LogP contribution in [0.4, 0.5) is 0 Å². The molecule has 0 rings (SSSR count). The van der Waals surface area contributed by atoms with Crippen LogP contribution in [0.25, 0.3) is 0 Å². The standard InChI is InChI=1S/C69H134O17P2/c1-9-61(7)47-39-31-23-18-20-26-36-44-52-69(74)85-64(55-79-66(71)49-41-33-24-16-14-12-11-13-15-21-29-37-45-59(3)4)57-83-87(75,76)81-53-63(70)54-82-88(77,78)84-58-65(56-80-67(72)50-42-34-28-27-32-40-48-62(8)10-2)86-68(73)51-43-35-25-19-17-22-30-38-46-60(5)6/h59-65,70H,9-58H2,1-8H3,(H,75,76)(H,77,78)/t61?,62?,63-,64-,65-/m1/s1. The maximum Gasteiger partial charge on any atom is 0.472 e. The van der Waals surface area contributed by atoms with E-state index < -0.39 is 97.5 Å². The number of carbonyl (C=O) groups excluding carboxylic acids is 4. The third kappa shape index (κ3) is 60.3. The zero-order valence-electron chi connectivity index (χ0n) is 57.3. The number of carbonyl (C=O) groups is 4. The van der Waals surface area contributed by atoms with Gasteiger partial charge in [-0.05, 0) is 49.4 Å². The van der Waals surface area contributed by atoms with Crippen LogP contribution in [0.15, 0.2) is 0 Å². The van der Waals surface area contributed by atoms with E-state index in [9.17, 15) is 43.2 Å². The maximum absolute atomic E-state index is 13.0. The van der Waals surface area contributed by atoms with E-state index in [1.165, 1.54) is 135 Å². The van der Waals surface area contributed by atoms with Crippen molar-refractivity contribution in [3.8, 4) is 0 Å². The number of esters is 4. The predicted molar refractivity (Wildman–Crippen MR) is 354 cm³/mol. The van der Waals surface area contributed by atoms with Gasteiger partial charge in [-0.25, -0.2) is 9.13 Å². The minimum absolute atomic E-state index is 0.103. The zero-order chi connectivity index (χ0) is 65.4. The van der Waals surface area contributed by atoms with Crippen molar-refractivity contribution < 1.29 is 80.2 Å². The normalized spacial score (nSPS) is 14.9. The van der Waals surface area contributed by atoms with Gasteiger partial charge < -0.3 is 33.8 Å². The Morgan fingerprint density at radius 1 is 0.318 bits per heavy atom. The first-order valence-electron chi connectivity index (χ1n) is 35.8. The highest BCUT2D eigenvalue weighted by Crippen LogP contribution is 2.45. The van der Waals surface area contributed by atoms with E-state index >= 15 is 0 Å². The van der Waals surface area contributed by atoms with Crippen LogP contribution >= 0.6 is 15.6 Å². The molecule has 0 aliphatic rings. The van der Waals surface area contributed by atoms with Crippen LogP contribution in [0.5, 0.6) is 0 Å². The minimum atomic E-state index is -4.95. The SMILES string of the molecule is CCC(C)CCCCCCCCCCC(=O)O[C@H](COC(=O)CCCCCCCCCCCCCCC(C)C)COP(=O)(O)OC[C@@H](O)COP(=O)(O)OC[C@@H](COC(=O)CCCCCCCCC(C)CC)OC(=O)CCCCCCCCCCC(C)C. The second-order valence-corrected chi connectivity index (χ2v) is 29.3. The van der Waals surface area contributed by atoms with E-state index in [1.807, 2.05) is 0 Å². The molecule has 3 N–H and O–H groups in total. The average Bonchev–Trinajstić information content (AvgIpc) is 3.61. The van der Waals surface area contributed by atoms with Gasteiger partial charge in [0.1, 0.15) is 19.3 Å². The van der Waals surface area contributed by atoms with Crippen LogP contribution < -0.4 is 0 Å². The molecule has 0 saturated heterocycles. The molecule has 7 atom stereocenters. The average molecular weight is 1300 g/mol. The van der Waals surface area contributed by atoms with Crippen LogP contribution in [-0.2, 0) is 65.4 Å². The Labute approximate surface area is 537 Å².